The number of rotatable bonds is 5. The van der Waals surface area contributed by atoms with Gasteiger partial charge in [0.05, 0.1) is 29.4 Å². The van der Waals surface area contributed by atoms with Crippen molar-refractivity contribution >= 4 is 40.8 Å². The maximum atomic E-state index is 13.1. The third-order valence-corrected chi connectivity index (χ3v) is 4.77. The molecular formula is C20H23ClN4O3. The number of ether oxygens (including phenoxy) is 1. The fraction of sp³-hybridized carbons (Fsp3) is 0.350. The van der Waals surface area contributed by atoms with Crippen LogP contribution in [0, 0.1) is 0 Å². The Morgan fingerprint density at radius 1 is 1.32 bits per heavy atom. The van der Waals surface area contributed by atoms with Crippen LogP contribution in [0.15, 0.2) is 28.8 Å². The van der Waals surface area contributed by atoms with Crippen LogP contribution in [0.25, 0.3) is 11.1 Å². The Morgan fingerprint density at radius 3 is 2.68 bits per heavy atom. The summed E-state index contributed by atoms with van der Waals surface area (Å²) in [5, 5.41) is 7.74. The maximum Gasteiger partial charge on any atom is 0.259 e. The van der Waals surface area contributed by atoms with E-state index < -0.39 is 0 Å². The van der Waals surface area contributed by atoms with Crippen LogP contribution in [0.1, 0.15) is 60.3 Å². The number of benzene rings is 1. The average Bonchev–Trinajstić information content (AvgIpc) is 3.40. The van der Waals surface area contributed by atoms with Gasteiger partial charge in [0, 0.05) is 17.3 Å². The maximum absolute atomic E-state index is 13.1. The predicted octanol–water partition coefficient (Wildman–Crippen LogP) is 4.49. The molecule has 0 unspecified atom stereocenters. The van der Waals surface area contributed by atoms with E-state index in [0.717, 1.165) is 24.2 Å². The van der Waals surface area contributed by atoms with E-state index in [1.54, 1.807) is 25.3 Å². The number of hydrogen-bond acceptors (Lipinski definition) is 6. The number of nitrogens with zero attached hydrogens (tertiary/aromatic N) is 2. The van der Waals surface area contributed by atoms with Gasteiger partial charge in [-0.2, -0.15) is 0 Å². The molecule has 2 aromatic heterocycles. The van der Waals surface area contributed by atoms with Crippen molar-refractivity contribution in [2.45, 2.75) is 38.5 Å². The molecule has 3 N–H and O–H groups in total. The summed E-state index contributed by atoms with van der Waals surface area (Å²) in [7, 11) is 1.55. The van der Waals surface area contributed by atoms with Gasteiger partial charge in [0.25, 0.3) is 11.6 Å². The number of nitrogens with one attached hydrogen (secondary N) is 1. The number of pyridine rings is 1. The van der Waals surface area contributed by atoms with Gasteiger partial charge in [0.1, 0.15) is 5.75 Å². The highest BCUT2D eigenvalue weighted by atomic mass is 35.5. The van der Waals surface area contributed by atoms with Crippen LogP contribution in [0.2, 0.25) is 0 Å². The highest BCUT2D eigenvalue weighted by Gasteiger charge is 2.29. The lowest BCUT2D eigenvalue weighted by atomic mass is 10.0. The summed E-state index contributed by atoms with van der Waals surface area (Å²) in [5.74, 6) is 0.837. The summed E-state index contributed by atoms with van der Waals surface area (Å²) >= 11 is 0. The van der Waals surface area contributed by atoms with Crippen LogP contribution in [0.3, 0.4) is 0 Å². The minimum absolute atomic E-state index is 0. The molecule has 1 amide bonds. The number of carbonyl (C=O) groups is 1. The standard InChI is InChI=1S/C20H22N4O3.ClH/c1-10(2)18-17-13(9-15(11-4-5-11)23-20(17)27-24-18)19(25)22-12-6-7-16(26-3)14(21)8-12;/h6-11H,4-5,21H2,1-3H3,(H,22,25);1H. The van der Waals surface area contributed by atoms with E-state index in [4.69, 9.17) is 15.0 Å². The number of aromatic nitrogens is 2. The molecule has 1 aromatic carbocycles. The third kappa shape index (κ3) is 3.62. The molecule has 0 atom stereocenters. The summed E-state index contributed by atoms with van der Waals surface area (Å²) in [6.45, 7) is 4.02. The summed E-state index contributed by atoms with van der Waals surface area (Å²) in [5.41, 5.74) is 9.57. The van der Waals surface area contributed by atoms with Crippen LogP contribution >= 0.6 is 12.4 Å². The molecule has 1 aliphatic rings. The Labute approximate surface area is 169 Å². The van der Waals surface area contributed by atoms with E-state index in [-0.39, 0.29) is 24.2 Å². The zero-order valence-electron chi connectivity index (χ0n) is 16.0. The minimum Gasteiger partial charge on any atom is -0.495 e. The SMILES string of the molecule is COc1ccc(NC(=O)c2cc(C3CC3)nc3onc(C(C)C)c23)cc1N.Cl. The van der Waals surface area contributed by atoms with E-state index >= 15 is 0 Å². The zero-order valence-corrected chi connectivity index (χ0v) is 16.8. The smallest absolute Gasteiger partial charge is 0.259 e. The van der Waals surface area contributed by atoms with Gasteiger partial charge in [-0.25, -0.2) is 4.98 Å². The van der Waals surface area contributed by atoms with E-state index in [2.05, 4.69) is 15.5 Å². The fourth-order valence-electron chi connectivity index (χ4n) is 3.16. The highest BCUT2D eigenvalue weighted by molar-refractivity contribution is 6.12. The van der Waals surface area contributed by atoms with E-state index in [9.17, 15) is 4.79 Å². The molecule has 7 nitrogen and oxygen atoms in total. The minimum atomic E-state index is -0.237. The highest BCUT2D eigenvalue weighted by Crippen LogP contribution is 2.41. The summed E-state index contributed by atoms with van der Waals surface area (Å²) in [4.78, 5) is 17.7. The number of nitrogen functional groups attached to an aromatic ring is 1. The molecule has 8 heteroatoms. The van der Waals surface area contributed by atoms with Crippen LogP contribution in [0.5, 0.6) is 5.75 Å². The van der Waals surface area contributed by atoms with Crippen molar-refractivity contribution in [2.24, 2.45) is 0 Å². The van der Waals surface area contributed by atoms with Crippen LogP contribution in [-0.2, 0) is 0 Å². The second kappa shape index (κ2) is 7.67. The van der Waals surface area contributed by atoms with Crippen molar-refractivity contribution in [3.63, 3.8) is 0 Å². The molecule has 0 bridgehead atoms. The molecule has 3 aromatic rings. The van der Waals surface area contributed by atoms with Crippen molar-refractivity contribution in [2.75, 3.05) is 18.2 Å². The number of anilines is 2. The van der Waals surface area contributed by atoms with Gasteiger partial charge in [-0.05, 0) is 43.0 Å². The first-order valence-electron chi connectivity index (χ1n) is 9.03. The predicted molar refractivity (Wildman–Crippen MR) is 110 cm³/mol. The van der Waals surface area contributed by atoms with Gasteiger partial charge in [-0.1, -0.05) is 19.0 Å². The molecule has 1 fully saturated rings. The topological polar surface area (TPSA) is 103 Å². The molecule has 1 aliphatic carbocycles. The first-order valence-corrected chi connectivity index (χ1v) is 9.03. The lowest BCUT2D eigenvalue weighted by molar-refractivity contribution is 0.102. The molecule has 0 spiro atoms. The lowest BCUT2D eigenvalue weighted by Crippen LogP contribution is -2.14. The largest absolute Gasteiger partial charge is 0.495 e. The van der Waals surface area contributed by atoms with Crippen molar-refractivity contribution in [3.05, 3.63) is 41.2 Å². The Hall–Kier alpha value is -2.80. The van der Waals surface area contributed by atoms with Crippen molar-refractivity contribution in [3.8, 4) is 5.75 Å². The van der Waals surface area contributed by atoms with Crippen LogP contribution < -0.4 is 15.8 Å². The second-order valence-corrected chi connectivity index (χ2v) is 7.18. The summed E-state index contributed by atoms with van der Waals surface area (Å²) in [6.07, 6.45) is 2.17. The molecule has 0 aliphatic heterocycles. The normalized spacial score (nSPS) is 13.4. The Bertz CT molecular complexity index is 1030. The van der Waals surface area contributed by atoms with Gasteiger partial charge >= 0.3 is 0 Å². The number of fused-ring (bicyclic) bond motifs is 1. The third-order valence-electron chi connectivity index (χ3n) is 4.77. The zero-order chi connectivity index (χ0) is 19.1. The average molecular weight is 403 g/mol. The fourth-order valence-corrected chi connectivity index (χ4v) is 3.16. The van der Waals surface area contributed by atoms with Crippen LogP contribution in [0.4, 0.5) is 11.4 Å². The van der Waals surface area contributed by atoms with Gasteiger partial charge in [-0.15, -0.1) is 12.4 Å². The number of halogens is 1. The summed E-state index contributed by atoms with van der Waals surface area (Å²) in [6, 6.07) is 7.02. The van der Waals surface area contributed by atoms with Gasteiger partial charge in [0.15, 0.2) is 0 Å². The number of hydrogen-bond donors (Lipinski definition) is 2. The second-order valence-electron chi connectivity index (χ2n) is 7.18. The first kappa shape index (κ1) is 19.9. The van der Waals surface area contributed by atoms with Crippen molar-refractivity contribution < 1.29 is 14.1 Å². The molecule has 148 valence electrons. The van der Waals surface area contributed by atoms with Crippen molar-refractivity contribution in [1.29, 1.82) is 0 Å². The molecule has 28 heavy (non-hydrogen) atoms. The Kier molecular flexibility index (Phi) is 5.47. The lowest BCUT2D eigenvalue weighted by Gasteiger charge is -2.11. The van der Waals surface area contributed by atoms with Gasteiger partial charge in [0.2, 0.25) is 0 Å². The Morgan fingerprint density at radius 2 is 2.07 bits per heavy atom. The van der Waals surface area contributed by atoms with Gasteiger partial charge < -0.3 is 20.3 Å². The van der Waals surface area contributed by atoms with E-state index in [1.165, 1.54) is 0 Å². The quantitative estimate of drug-likeness (QED) is 0.609. The van der Waals surface area contributed by atoms with Gasteiger partial charge in [-0.3, -0.25) is 4.79 Å². The molecule has 0 radical (unpaired) electrons. The number of carbonyl (C=O) groups excluding carboxylic acids is 1. The van der Waals surface area contributed by atoms with Crippen LogP contribution in [-0.4, -0.2) is 23.2 Å². The molecule has 2 heterocycles. The number of nitrogens with two attached hydrogens (primary N) is 1. The van der Waals surface area contributed by atoms with E-state index in [1.807, 2.05) is 19.9 Å². The molecule has 4 rings (SSSR count). The summed E-state index contributed by atoms with van der Waals surface area (Å²) < 4.78 is 10.6. The molecular weight excluding hydrogens is 380 g/mol. The monoisotopic (exact) mass is 402 g/mol. The van der Waals surface area contributed by atoms with Crippen molar-refractivity contribution in [1.82, 2.24) is 10.1 Å². The molecule has 1 saturated carbocycles. The Balaban J connectivity index is 0.00000225. The number of methoxy groups -OCH3 is 1. The molecule has 0 saturated heterocycles. The number of amides is 1. The first-order chi connectivity index (χ1) is 13.0. The van der Waals surface area contributed by atoms with E-state index in [0.29, 0.717) is 39.7 Å².